The minimum atomic E-state index is -4.47. The van der Waals surface area contributed by atoms with E-state index in [4.69, 9.17) is 9.84 Å². The Labute approximate surface area is 262 Å². The molecule has 4 aromatic rings. The lowest BCUT2D eigenvalue weighted by atomic mass is 9.88. The van der Waals surface area contributed by atoms with Crippen molar-refractivity contribution in [3.8, 4) is 16.9 Å². The first-order valence-corrected chi connectivity index (χ1v) is 15.0. The van der Waals surface area contributed by atoms with Crippen LogP contribution in [0.1, 0.15) is 77.1 Å². The maximum atomic E-state index is 13.7. The van der Waals surface area contributed by atoms with Gasteiger partial charge < -0.3 is 14.7 Å². The predicted molar refractivity (Wildman–Crippen MR) is 171 cm³/mol. The Bertz CT molecular complexity index is 1650. The fraction of sp³-hybridized carbons (Fsp3) is 0.361. The molecule has 0 unspecified atom stereocenters. The number of rotatable bonds is 12. The third-order valence-electron chi connectivity index (χ3n) is 7.69. The molecule has 0 saturated heterocycles. The number of halogens is 3. The van der Waals surface area contributed by atoms with E-state index in [1.54, 1.807) is 13.0 Å². The first kappa shape index (κ1) is 33.5. The van der Waals surface area contributed by atoms with Gasteiger partial charge in [0.1, 0.15) is 0 Å². The van der Waals surface area contributed by atoms with Crippen molar-refractivity contribution in [2.24, 2.45) is 0 Å². The summed E-state index contributed by atoms with van der Waals surface area (Å²) < 4.78 is 46.8. The SMILES string of the molecule is Cc1cc(CN(Cc2cc(C)ccc2-c2cc(C(C)C)c(C)cc2C)c2ncc(OCCCC(=O)O)cn2)cc(C(F)(F)F)c1. The summed E-state index contributed by atoms with van der Waals surface area (Å²) in [5, 5.41) is 8.86. The molecule has 4 rings (SSSR count). The summed E-state index contributed by atoms with van der Waals surface area (Å²) >= 11 is 0. The average Bonchev–Trinajstić information content (AvgIpc) is 2.95. The van der Waals surface area contributed by atoms with E-state index < -0.39 is 17.7 Å². The lowest BCUT2D eigenvalue weighted by Crippen LogP contribution is -2.25. The average molecular weight is 620 g/mol. The zero-order valence-electron chi connectivity index (χ0n) is 26.6. The minimum Gasteiger partial charge on any atom is -0.490 e. The number of aromatic nitrogens is 2. The van der Waals surface area contributed by atoms with Gasteiger partial charge in [-0.2, -0.15) is 13.2 Å². The number of aryl methyl sites for hydroxylation is 4. The lowest BCUT2D eigenvalue weighted by molar-refractivity contribution is -0.138. The topological polar surface area (TPSA) is 75.6 Å². The third kappa shape index (κ3) is 8.84. The van der Waals surface area contributed by atoms with Gasteiger partial charge in [0.15, 0.2) is 5.75 Å². The highest BCUT2D eigenvalue weighted by molar-refractivity contribution is 5.73. The zero-order valence-corrected chi connectivity index (χ0v) is 26.6. The van der Waals surface area contributed by atoms with E-state index in [-0.39, 0.29) is 19.6 Å². The van der Waals surface area contributed by atoms with E-state index in [9.17, 15) is 18.0 Å². The predicted octanol–water partition coefficient (Wildman–Crippen LogP) is 8.97. The molecule has 0 aliphatic rings. The van der Waals surface area contributed by atoms with Gasteiger partial charge in [0.2, 0.25) is 5.95 Å². The van der Waals surface area contributed by atoms with Gasteiger partial charge in [0, 0.05) is 19.5 Å². The standard InChI is InChI=1S/C36H40F3N3O3/c1-22(2)32-17-33(26(6)15-25(32)5)31-10-9-23(3)13-28(31)21-42(20-27-12-24(4)14-29(16-27)36(37,38)39)35-40-18-30(19-41-35)45-11-7-8-34(43)44/h9-10,12-19,22H,7-8,11,20-21H2,1-6H3,(H,43,44). The fourth-order valence-corrected chi connectivity index (χ4v) is 5.60. The Morgan fingerprint density at radius 3 is 2.24 bits per heavy atom. The number of alkyl halides is 3. The van der Waals surface area contributed by atoms with Crippen LogP contribution in [0.25, 0.3) is 11.1 Å². The molecule has 0 aliphatic heterocycles. The van der Waals surface area contributed by atoms with E-state index in [1.807, 2.05) is 11.8 Å². The summed E-state index contributed by atoms with van der Waals surface area (Å²) in [7, 11) is 0. The molecule has 3 aromatic carbocycles. The maximum Gasteiger partial charge on any atom is 0.416 e. The van der Waals surface area contributed by atoms with Crippen LogP contribution >= 0.6 is 0 Å². The van der Waals surface area contributed by atoms with E-state index in [0.29, 0.717) is 41.7 Å². The first-order chi connectivity index (χ1) is 21.2. The number of aliphatic carboxylic acids is 1. The molecule has 0 bridgehead atoms. The Hall–Kier alpha value is -4.40. The number of benzene rings is 3. The number of carbonyl (C=O) groups is 1. The Kier molecular flexibility index (Phi) is 10.5. The molecule has 0 aliphatic carbocycles. The molecular weight excluding hydrogens is 579 g/mol. The molecule has 0 atom stereocenters. The number of ether oxygens (including phenoxy) is 1. The van der Waals surface area contributed by atoms with Crippen LogP contribution in [0, 0.1) is 27.7 Å². The number of anilines is 1. The second-order valence-corrected chi connectivity index (χ2v) is 12.0. The summed E-state index contributed by atoms with van der Waals surface area (Å²) in [6.45, 7) is 12.9. The smallest absolute Gasteiger partial charge is 0.416 e. The van der Waals surface area contributed by atoms with Crippen LogP contribution in [0.3, 0.4) is 0 Å². The number of carboxylic acids is 1. The molecule has 238 valence electrons. The fourth-order valence-electron chi connectivity index (χ4n) is 5.60. The molecule has 1 N–H and O–H groups in total. The van der Waals surface area contributed by atoms with Crippen LogP contribution in [0.2, 0.25) is 0 Å². The van der Waals surface area contributed by atoms with E-state index in [0.717, 1.165) is 33.9 Å². The van der Waals surface area contributed by atoms with Crippen LogP contribution in [0.5, 0.6) is 5.75 Å². The molecule has 0 fully saturated rings. The van der Waals surface area contributed by atoms with Crippen molar-refractivity contribution < 1.29 is 27.8 Å². The summed E-state index contributed by atoms with van der Waals surface area (Å²) in [4.78, 5) is 21.7. The highest BCUT2D eigenvalue weighted by Gasteiger charge is 2.31. The molecule has 0 radical (unpaired) electrons. The molecule has 1 aromatic heterocycles. The highest BCUT2D eigenvalue weighted by Crippen LogP contribution is 2.35. The van der Waals surface area contributed by atoms with Crippen molar-refractivity contribution in [1.82, 2.24) is 9.97 Å². The number of nitrogens with zero attached hydrogens (tertiary/aromatic N) is 3. The van der Waals surface area contributed by atoms with Gasteiger partial charge >= 0.3 is 12.1 Å². The molecule has 9 heteroatoms. The molecule has 0 saturated carbocycles. The first-order valence-electron chi connectivity index (χ1n) is 15.0. The van der Waals surface area contributed by atoms with Crippen molar-refractivity contribution in [2.75, 3.05) is 11.5 Å². The minimum absolute atomic E-state index is 0.0128. The summed E-state index contributed by atoms with van der Waals surface area (Å²) in [6.07, 6.45) is -1.14. The third-order valence-corrected chi connectivity index (χ3v) is 7.69. The van der Waals surface area contributed by atoms with Gasteiger partial charge in [-0.25, -0.2) is 9.97 Å². The van der Waals surface area contributed by atoms with Gasteiger partial charge in [-0.15, -0.1) is 0 Å². The van der Waals surface area contributed by atoms with E-state index >= 15 is 0 Å². The largest absolute Gasteiger partial charge is 0.490 e. The Morgan fingerprint density at radius 1 is 0.889 bits per heavy atom. The quantitative estimate of drug-likeness (QED) is 0.160. The van der Waals surface area contributed by atoms with Crippen LogP contribution < -0.4 is 9.64 Å². The van der Waals surface area contributed by atoms with Gasteiger partial charge in [0.25, 0.3) is 0 Å². The molecule has 0 spiro atoms. The van der Waals surface area contributed by atoms with Crippen molar-refractivity contribution >= 4 is 11.9 Å². The second kappa shape index (κ2) is 14.1. The van der Waals surface area contributed by atoms with Crippen LogP contribution in [0.4, 0.5) is 19.1 Å². The summed E-state index contributed by atoms with van der Waals surface area (Å²) in [5.74, 6) is 0.158. The van der Waals surface area contributed by atoms with Crippen LogP contribution in [-0.2, 0) is 24.1 Å². The van der Waals surface area contributed by atoms with Crippen LogP contribution in [0.15, 0.2) is 60.9 Å². The van der Waals surface area contributed by atoms with Gasteiger partial charge in [-0.3, -0.25) is 4.79 Å². The molecule has 6 nitrogen and oxygen atoms in total. The zero-order chi connectivity index (χ0) is 32.9. The lowest BCUT2D eigenvalue weighted by Gasteiger charge is -2.26. The molecule has 0 amide bonds. The van der Waals surface area contributed by atoms with Crippen LogP contribution in [-0.4, -0.2) is 27.7 Å². The highest BCUT2D eigenvalue weighted by atomic mass is 19.4. The molecule has 1 heterocycles. The number of carboxylic acid groups (broad SMARTS) is 1. The number of hydrogen-bond donors (Lipinski definition) is 1. The van der Waals surface area contributed by atoms with Crippen molar-refractivity contribution in [3.63, 3.8) is 0 Å². The van der Waals surface area contributed by atoms with E-state index in [1.165, 1.54) is 29.6 Å². The molecular formula is C36H40F3N3O3. The van der Waals surface area contributed by atoms with Crippen molar-refractivity contribution in [1.29, 1.82) is 0 Å². The van der Waals surface area contributed by atoms with Crippen molar-refractivity contribution in [2.45, 2.75) is 79.6 Å². The Morgan fingerprint density at radius 2 is 1.60 bits per heavy atom. The normalized spacial score (nSPS) is 11.6. The summed E-state index contributed by atoms with van der Waals surface area (Å²) in [5.41, 5.74) is 8.16. The van der Waals surface area contributed by atoms with Gasteiger partial charge in [0.05, 0.1) is 24.6 Å². The maximum absolute atomic E-state index is 13.7. The Balaban J connectivity index is 1.75. The van der Waals surface area contributed by atoms with Crippen molar-refractivity contribution in [3.05, 3.63) is 105 Å². The summed E-state index contributed by atoms with van der Waals surface area (Å²) in [6, 6.07) is 14.8. The number of hydrogen-bond acceptors (Lipinski definition) is 5. The molecule has 45 heavy (non-hydrogen) atoms. The second-order valence-electron chi connectivity index (χ2n) is 12.0. The van der Waals surface area contributed by atoms with Gasteiger partial charge in [-0.05, 0) is 91.1 Å². The van der Waals surface area contributed by atoms with E-state index in [2.05, 4.69) is 68.0 Å². The van der Waals surface area contributed by atoms with Gasteiger partial charge in [-0.1, -0.05) is 61.4 Å². The monoisotopic (exact) mass is 619 g/mol.